The Morgan fingerprint density at radius 1 is 0.833 bits per heavy atom. The van der Waals surface area contributed by atoms with Crippen molar-refractivity contribution in [1.29, 1.82) is 0 Å². The van der Waals surface area contributed by atoms with Crippen molar-refractivity contribution in [3.63, 3.8) is 0 Å². The van der Waals surface area contributed by atoms with Gasteiger partial charge in [-0.3, -0.25) is 0 Å². The lowest BCUT2D eigenvalue weighted by Gasteiger charge is -1.93. The van der Waals surface area contributed by atoms with Gasteiger partial charge in [0.2, 0.25) is 0 Å². The number of thiol groups is 1. The van der Waals surface area contributed by atoms with Crippen molar-refractivity contribution < 1.29 is 0 Å². The van der Waals surface area contributed by atoms with Gasteiger partial charge in [0.05, 0.1) is 10.8 Å². The Kier molecular flexibility index (Phi) is 4.33. The molecule has 0 saturated heterocycles. The molecule has 0 aliphatic rings. The van der Waals surface area contributed by atoms with Crippen LogP contribution in [0.5, 0.6) is 0 Å². The Hall–Kier alpha value is -1.85. The molecule has 0 spiro atoms. The first-order chi connectivity index (χ1) is 8.78. The first kappa shape index (κ1) is 12.6. The number of benzene rings is 2. The van der Waals surface area contributed by atoms with E-state index in [2.05, 4.69) is 46.8 Å². The maximum Gasteiger partial charge on any atom is 0.0740 e. The van der Waals surface area contributed by atoms with Crippen LogP contribution in [0.4, 0.5) is 5.69 Å². The lowest BCUT2D eigenvalue weighted by Crippen LogP contribution is -1.75. The van der Waals surface area contributed by atoms with E-state index in [-0.39, 0.29) is 0 Å². The number of aliphatic imine (C=N–C) groups is 1. The van der Waals surface area contributed by atoms with Crippen LogP contribution in [-0.4, -0.2) is 5.16 Å². The van der Waals surface area contributed by atoms with Crippen molar-refractivity contribution in [1.82, 2.24) is 0 Å². The molecule has 0 heterocycles. The van der Waals surface area contributed by atoms with Crippen molar-refractivity contribution in [3.05, 3.63) is 59.7 Å². The molecule has 3 heteroatoms. The van der Waals surface area contributed by atoms with Crippen LogP contribution in [0, 0.1) is 11.8 Å². The second kappa shape index (κ2) is 6.18. The van der Waals surface area contributed by atoms with Crippen LogP contribution in [0.1, 0.15) is 11.1 Å². The lowest BCUT2D eigenvalue weighted by molar-refractivity contribution is 1.46. The second-order valence-corrected chi connectivity index (χ2v) is 4.25. The number of hydrogen-bond donors (Lipinski definition) is 1. The zero-order valence-electron chi connectivity index (χ0n) is 9.42. The van der Waals surface area contributed by atoms with Gasteiger partial charge in [-0.25, -0.2) is 0 Å². The average molecular weight is 267 g/mol. The van der Waals surface area contributed by atoms with Crippen molar-refractivity contribution in [2.24, 2.45) is 4.99 Å². The summed E-state index contributed by atoms with van der Waals surface area (Å²) < 4.78 is 0. The van der Waals surface area contributed by atoms with Gasteiger partial charge < -0.3 is 0 Å². The minimum absolute atomic E-state index is 0.787. The molecule has 86 valence electrons. The van der Waals surface area contributed by atoms with Gasteiger partial charge in [-0.2, -0.15) is 4.99 Å². The van der Waals surface area contributed by atoms with E-state index in [0.717, 1.165) is 21.7 Å². The van der Waals surface area contributed by atoms with Crippen LogP contribution >= 0.6 is 24.8 Å². The van der Waals surface area contributed by atoms with E-state index in [9.17, 15) is 0 Å². The molecule has 0 aromatic heterocycles. The van der Waals surface area contributed by atoms with Gasteiger partial charge in [0.15, 0.2) is 0 Å². The van der Waals surface area contributed by atoms with Crippen LogP contribution in [0.15, 0.2) is 58.4 Å². The maximum atomic E-state index is 4.54. The Morgan fingerprint density at radius 2 is 1.33 bits per heavy atom. The van der Waals surface area contributed by atoms with Gasteiger partial charge in [-0.1, -0.05) is 11.8 Å². The predicted molar refractivity (Wildman–Crippen MR) is 80.8 cm³/mol. The molecular formula is C15H9NS2. The molecule has 2 rings (SSSR count). The number of isothiocyanates is 1. The van der Waals surface area contributed by atoms with E-state index < -0.39 is 0 Å². The van der Waals surface area contributed by atoms with E-state index in [4.69, 9.17) is 0 Å². The minimum Gasteiger partial charge on any atom is -0.195 e. The summed E-state index contributed by atoms with van der Waals surface area (Å²) in [5.74, 6) is 6.18. The highest BCUT2D eigenvalue weighted by Crippen LogP contribution is 2.12. The van der Waals surface area contributed by atoms with E-state index in [1.807, 2.05) is 48.5 Å². The Balaban J connectivity index is 2.19. The van der Waals surface area contributed by atoms with Gasteiger partial charge in [0.25, 0.3) is 0 Å². The molecule has 0 radical (unpaired) electrons. The van der Waals surface area contributed by atoms with Gasteiger partial charge in [0, 0.05) is 16.0 Å². The fourth-order valence-corrected chi connectivity index (χ4v) is 1.62. The topological polar surface area (TPSA) is 12.4 Å². The molecule has 0 aliphatic heterocycles. The van der Waals surface area contributed by atoms with E-state index >= 15 is 0 Å². The Bertz CT molecular complexity index is 640. The molecular weight excluding hydrogens is 258 g/mol. The molecule has 0 N–H and O–H groups in total. The fraction of sp³-hybridized carbons (Fsp3) is 0. The average Bonchev–Trinajstić information content (AvgIpc) is 2.40. The summed E-state index contributed by atoms with van der Waals surface area (Å²) >= 11 is 8.77. The highest BCUT2D eigenvalue weighted by molar-refractivity contribution is 7.80. The number of hydrogen-bond acceptors (Lipinski definition) is 3. The summed E-state index contributed by atoms with van der Waals surface area (Å²) in [6, 6.07) is 15.3. The van der Waals surface area contributed by atoms with Crippen LogP contribution in [0.25, 0.3) is 0 Å². The van der Waals surface area contributed by atoms with Crippen LogP contribution < -0.4 is 0 Å². The van der Waals surface area contributed by atoms with E-state index in [1.165, 1.54) is 0 Å². The largest absolute Gasteiger partial charge is 0.195 e. The monoisotopic (exact) mass is 267 g/mol. The first-order valence-corrected chi connectivity index (χ1v) is 6.12. The first-order valence-electron chi connectivity index (χ1n) is 5.27. The highest BCUT2D eigenvalue weighted by atomic mass is 32.1. The van der Waals surface area contributed by atoms with Gasteiger partial charge in [-0.15, -0.1) is 12.6 Å². The summed E-state index contributed by atoms with van der Waals surface area (Å²) in [6.45, 7) is 0. The van der Waals surface area contributed by atoms with Gasteiger partial charge >= 0.3 is 0 Å². The molecule has 0 aliphatic carbocycles. The second-order valence-electron chi connectivity index (χ2n) is 3.55. The standard InChI is InChI=1S/C15H9NS2/c17-11-16-14-7-3-12(4-8-14)1-2-13-5-9-15(18)10-6-13/h3-10,18H. The van der Waals surface area contributed by atoms with E-state index in [0.29, 0.717) is 0 Å². The molecule has 0 fully saturated rings. The zero-order chi connectivity index (χ0) is 12.8. The van der Waals surface area contributed by atoms with E-state index in [1.54, 1.807) is 0 Å². The van der Waals surface area contributed by atoms with Crippen molar-refractivity contribution in [3.8, 4) is 11.8 Å². The summed E-state index contributed by atoms with van der Waals surface area (Å²) in [5.41, 5.74) is 2.69. The minimum atomic E-state index is 0.787. The summed E-state index contributed by atoms with van der Waals surface area (Å²) in [6.07, 6.45) is 0. The predicted octanol–water partition coefficient (Wildman–Crippen LogP) is 4.11. The Morgan fingerprint density at radius 3 is 1.83 bits per heavy atom. The number of thiocarbonyl (C=S) groups is 1. The SMILES string of the molecule is S=C=Nc1ccc(C#Cc2ccc(S)cc2)cc1. The number of rotatable bonds is 1. The molecule has 0 bridgehead atoms. The highest BCUT2D eigenvalue weighted by Gasteiger charge is 1.90. The van der Waals surface area contributed by atoms with Crippen LogP contribution in [-0.2, 0) is 0 Å². The zero-order valence-corrected chi connectivity index (χ0v) is 11.1. The lowest BCUT2D eigenvalue weighted by atomic mass is 10.2. The molecule has 0 saturated carbocycles. The third-order valence-corrected chi connectivity index (χ3v) is 2.65. The fourth-order valence-electron chi connectivity index (χ4n) is 1.36. The van der Waals surface area contributed by atoms with Crippen LogP contribution in [0.3, 0.4) is 0 Å². The third-order valence-electron chi connectivity index (χ3n) is 2.26. The molecule has 2 aromatic rings. The Labute approximate surface area is 117 Å². The molecule has 1 nitrogen and oxygen atoms in total. The van der Waals surface area contributed by atoms with Gasteiger partial charge in [-0.05, 0) is 60.7 Å². The molecule has 2 aromatic carbocycles. The summed E-state index contributed by atoms with van der Waals surface area (Å²) in [5, 5.41) is 2.33. The summed E-state index contributed by atoms with van der Waals surface area (Å²) in [4.78, 5) is 4.82. The van der Waals surface area contributed by atoms with Crippen LogP contribution in [0.2, 0.25) is 0 Å². The van der Waals surface area contributed by atoms with Crippen molar-refractivity contribution >= 4 is 35.7 Å². The maximum absolute atomic E-state index is 4.54. The van der Waals surface area contributed by atoms with Crippen molar-refractivity contribution in [2.45, 2.75) is 4.90 Å². The third kappa shape index (κ3) is 3.58. The molecule has 0 amide bonds. The molecule has 18 heavy (non-hydrogen) atoms. The quantitative estimate of drug-likeness (QED) is 0.355. The molecule has 0 unspecified atom stereocenters. The van der Waals surface area contributed by atoms with Crippen molar-refractivity contribution in [2.75, 3.05) is 0 Å². The normalized spacial score (nSPS) is 8.94. The van der Waals surface area contributed by atoms with Gasteiger partial charge in [0.1, 0.15) is 0 Å². The summed E-state index contributed by atoms with van der Waals surface area (Å²) in [7, 11) is 0. The smallest absolute Gasteiger partial charge is 0.0740 e. The molecule has 0 atom stereocenters. The number of nitrogens with zero attached hydrogens (tertiary/aromatic N) is 1.